The van der Waals surface area contributed by atoms with Gasteiger partial charge in [0.25, 0.3) is 0 Å². The number of halogens is 1. The summed E-state index contributed by atoms with van der Waals surface area (Å²) in [6.07, 6.45) is 3.61. The Morgan fingerprint density at radius 2 is 2.18 bits per heavy atom. The molecule has 1 aromatic carbocycles. The molecule has 1 aromatic rings. The van der Waals surface area contributed by atoms with E-state index in [1.165, 1.54) is 19.3 Å². The number of hydrogen-bond donors (Lipinski definition) is 1. The Balaban J connectivity index is 2.28. The number of hydrogen-bond acceptors (Lipinski definition) is 3. The van der Waals surface area contributed by atoms with Crippen LogP contribution in [0.5, 0.6) is 0 Å². The molecule has 90 valence electrons. The lowest BCUT2D eigenvalue weighted by Gasteiger charge is -2.39. The highest BCUT2D eigenvalue weighted by Gasteiger charge is 2.25. The first-order chi connectivity index (χ1) is 8.24. The van der Waals surface area contributed by atoms with Crippen molar-refractivity contribution >= 4 is 21.6 Å². The number of rotatable bonds is 4. The van der Waals surface area contributed by atoms with E-state index in [0.29, 0.717) is 18.2 Å². The molecule has 0 aromatic heterocycles. The van der Waals surface area contributed by atoms with E-state index >= 15 is 0 Å². The number of aliphatic hydroxyl groups excluding tert-OH is 1. The van der Waals surface area contributed by atoms with E-state index in [-0.39, 0.29) is 6.61 Å². The molecular weight excluding hydrogens is 280 g/mol. The minimum absolute atomic E-state index is 0.144. The third-order valence-corrected chi connectivity index (χ3v) is 3.66. The van der Waals surface area contributed by atoms with Gasteiger partial charge in [-0.1, -0.05) is 15.9 Å². The lowest BCUT2D eigenvalue weighted by molar-refractivity contribution is 0.283. The lowest BCUT2D eigenvalue weighted by atomic mass is 9.91. The predicted octanol–water partition coefficient (Wildman–Crippen LogP) is 2.67. The summed E-state index contributed by atoms with van der Waals surface area (Å²) in [7, 11) is 0. The van der Waals surface area contributed by atoms with Crippen molar-refractivity contribution in [2.24, 2.45) is 0 Å². The molecule has 0 unspecified atom stereocenters. The molecule has 1 aliphatic rings. The van der Waals surface area contributed by atoms with Gasteiger partial charge in [0.2, 0.25) is 0 Å². The third kappa shape index (κ3) is 2.80. The van der Waals surface area contributed by atoms with Crippen molar-refractivity contribution in [2.75, 3.05) is 18.1 Å². The summed E-state index contributed by atoms with van der Waals surface area (Å²) in [6.45, 7) is 0.775. The molecule has 4 heteroatoms. The normalized spacial score (nSPS) is 15.1. The highest BCUT2D eigenvalue weighted by atomic mass is 79.9. The van der Waals surface area contributed by atoms with Crippen LogP contribution in [0.25, 0.3) is 0 Å². The second-order valence-corrected chi connectivity index (χ2v) is 5.23. The third-order valence-electron chi connectivity index (χ3n) is 3.20. The Hall–Kier alpha value is -1.05. The Morgan fingerprint density at radius 1 is 1.41 bits per heavy atom. The van der Waals surface area contributed by atoms with Gasteiger partial charge in [0.1, 0.15) is 0 Å². The summed E-state index contributed by atoms with van der Waals surface area (Å²) in [5.41, 5.74) is 1.67. The Labute approximate surface area is 110 Å². The van der Waals surface area contributed by atoms with Gasteiger partial charge in [-0.25, -0.2) is 0 Å². The minimum Gasteiger partial charge on any atom is -0.395 e. The topological polar surface area (TPSA) is 47.3 Å². The van der Waals surface area contributed by atoms with Crippen LogP contribution >= 0.6 is 15.9 Å². The smallest absolute Gasteiger partial charge is 0.0992 e. The Bertz CT molecular complexity index is 438. The maximum Gasteiger partial charge on any atom is 0.0992 e. The van der Waals surface area contributed by atoms with Crippen molar-refractivity contribution < 1.29 is 5.11 Å². The van der Waals surface area contributed by atoms with Gasteiger partial charge in [-0.2, -0.15) is 5.26 Å². The number of benzene rings is 1. The number of anilines is 1. The van der Waals surface area contributed by atoms with Crippen LogP contribution < -0.4 is 4.90 Å². The fourth-order valence-electron chi connectivity index (χ4n) is 2.13. The molecule has 2 rings (SSSR count). The highest BCUT2D eigenvalue weighted by Crippen LogP contribution is 2.31. The average Bonchev–Trinajstić information content (AvgIpc) is 2.25. The molecule has 0 amide bonds. The molecular formula is C13H15BrN2O. The van der Waals surface area contributed by atoms with Crippen LogP contribution in [0, 0.1) is 11.3 Å². The molecule has 0 atom stereocenters. The molecule has 1 saturated carbocycles. The van der Waals surface area contributed by atoms with Gasteiger partial charge in [0.05, 0.1) is 18.2 Å². The minimum atomic E-state index is 0.144. The number of nitriles is 1. The summed E-state index contributed by atoms with van der Waals surface area (Å²) in [5.74, 6) is 0. The molecule has 1 fully saturated rings. The van der Waals surface area contributed by atoms with Gasteiger partial charge in [0, 0.05) is 22.7 Å². The quantitative estimate of drug-likeness (QED) is 0.929. The molecule has 0 heterocycles. The van der Waals surface area contributed by atoms with E-state index in [0.717, 1.165) is 10.2 Å². The van der Waals surface area contributed by atoms with Crippen molar-refractivity contribution in [3.05, 3.63) is 28.2 Å². The van der Waals surface area contributed by atoms with Crippen LogP contribution in [0.4, 0.5) is 5.69 Å². The Kier molecular flexibility index (Phi) is 4.03. The summed E-state index contributed by atoms with van der Waals surface area (Å²) >= 11 is 3.42. The molecule has 0 aliphatic heterocycles. The van der Waals surface area contributed by atoms with Crippen LogP contribution in [0.2, 0.25) is 0 Å². The second-order valence-electron chi connectivity index (χ2n) is 4.31. The van der Waals surface area contributed by atoms with Crippen LogP contribution in [0.15, 0.2) is 22.7 Å². The molecule has 1 aliphatic carbocycles. The maximum atomic E-state index is 9.14. The molecule has 0 saturated heterocycles. The van der Waals surface area contributed by atoms with Gasteiger partial charge in [-0.3, -0.25) is 0 Å². The molecule has 1 N–H and O–H groups in total. The van der Waals surface area contributed by atoms with E-state index in [1.54, 1.807) is 6.07 Å². The summed E-state index contributed by atoms with van der Waals surface area (Å²) < 4.78 is 0.911. The molecule has 0 bridgehead atoms. The summed E-state index contributed by atoms with van der Waals surface area (Å²) in [4.78, 5) is 2.20. The van der Waals surface area contributed by atoms with Crippen molar-refractivity contribution in [3.63, 3.8) is 0 Å². The van der Waals surface area contributed by atoms with E-state index < -0.39 is 0 Å². The average molecular weight is 295 g/mol. The van der Waals surface area contributed by atoms with Gasteiger partial charge in [-0.15, -0.1) is 0 Å². The maximum absolute atomic E-state index is 9.14. The fourth-order valence-corrected chi connectivity index (χ4v) is 2.61. The first-order valence-electron chi connectivity index (χ1n) is 5.83. The van der Waals surface area contributed by atoms with Gasteiger partial charge < -0.3 is 10.0 Å². The van der Waals surface area contributed by atoms with Crippen LogP contribution in [-0.2, 0) is 0 Å². The monoisotopic (exact) mass is 294 g/mol. The number of nitrogens with zero attached hydrogens (tertiary/aromatic N) is 2. The molecule has 0 radical (unpaired) electrons. The zero-order valence-electron chi connectivity index (χ0n) is 9.56. The van der Waals surface area contributed by atoms with E-state index in [9.17, 15) is 0 Å². The summed E-state index contributed by atoms with van der Waals surface area (Å²) in [5, 5.41) is 18.1. The van der Waals surface area contributed by atoms with Crippen LogP contribution in [0.3, 0.4) is 0 Å². The number of aliphatic hydroxyl groups is 1. The van der Waals surface area contributed by atoms with E-state index in [1.807, 2.05) is 12.1 Å². The van der Waals surface area contributed by atoms with E-state index in [4.69, 9.17) is 10.4 Å². The van der Waals surface area contributed by atoms with Crippen molar-refractivity contribution in [1.29, 1.82) is 5.26 Å². The van der Waals surface area contributed by atoms with Crippen LogP contribution in [-0.4, -0.2) is 24.3 Å². The second kappa shape index (κ2) is 5.52. The van der Waals surface area contributed by atoms with Gasteiger partial charge >= 0.3 is 0 Å². The Morgan fingerprint density at radius 3 is 2.71 bits per heavy atom. The predicted molar refractivity (Wildman–Crippen MR) is 70.9 cm³/mol. The first-order valence-corrected chi connectivity index (χ1v) is 6.62. The van der Waals surface area contributed by atoms with Crippen molar-refractivity contribution in [2.45, 2.75) is 25.3 Å². The lowest BCUT2D eigenvalue weighted by Crippen LogP contribution is -2.42. The standard InChI is InChI=1S/C13H15BrN2O/c14-11-6-10(9-15)7-13(8-11)16(4-5-17)12-2-1-3-12/h6-8,12,17H,1-5H2. The molecule has 3 nitrogen and oxygen atoms in total. The van der Waals surface area contributed by atoms with Gasteiger partial charge in [-0.05, 0) is 37.5 Å². The SMILES string of the molecule is N#Cc1cc(Br)cc(N(CCO)C2CCC2)c1. The highest BCUT2D eigenvalue weighted by molar-refractivity contribution is 9.10. The van der Waals surface area contributed by atoms with Crippen LogP contribution in [0.1, 0.15) is 24.8 Å². The largest absolute Gasteiger partial charge is 0.395 e. The summed E-state index contributed by atoms with van der Waals surface area (Å²) in [6, 6.07) is 8.38. The molecule has 0 spiro atoms. The molecule has 17 heavy (non-hydrogen) atoms. The first kappa shape index (κ1) is 12.4. The van der Waals surface area contributed by atoms with Gasteiger partial charge in [0.15, 0.2) is 0 Å². The van der Waals surface area contributed by atoms with E-state index in [2.05, 4.69) is 26.9 Å². The fraction of sp³-hybridized carbons (Fsp3) is 0.462. The van der Waals surface area contributed by atoms with Crippen molar-refractivity contribution in [1.82, 2.24) is 0 Å². The zero-order valence-corrected chi connectivity index (χ0v) is 11.2. The van der Waals surface area contributed by atoms with Crippen molar-refractivity contribution in [3.8, 4) is 6.07 Å². The zero-order chi connectivity index (χ0) is 12.3.